The van der Waals surface area contributed by atoms with E-state index in [1.54, 1.807) is 0 Å². The molecule has 1 aromatic carbocycles. The molecule has 1 rings (SSSR count). The van der Waals surface area contributed by atoms with Gasteiger partial charge in [-0.25, -0.2) is 0 Å². The van der Waals surface area contributed by atoms with Gasteiger partial charge in [0, 0.05) is 3.57 Å². The summed E-state index contributed by atoms with van der Waals surface area (Å²) in [5, 5.41) is 1.46. The van der Waals surface area contributed by atoms with Crippen LogP contribution in [0.5, 0.6) is 5.75 Å². The van der Waals surface area contributed by atoms with Crippen molar-refractivity contribution < 1.29 is 4.43 Å². The minimum atomic E-state index is -1.86. The van der Waals surface area contributed by atoms with Crippen LogP contribution in [0.15, 0.2) is 12.1 Å². The van der Waals surface area contributed by atoms with Gasteiger partial charge < -0.3 is 4.43 Å². The Balaban J connectivity index is 3.08. The zero-order valence-electron chi connectivity index (χ0n) is 10.7. The van der Waals surface area contributed by atoms with Crippen LogP contribution < -0.4 is 4.43 Å². The van der Waals surface area contributed by atoms with Crippen molar-refractivity contribution in [2.75, 3.05) is 0 Å². The second-order valence-electron chi connectivity index (χ2n) is 5.56. The maximum atomic E-state index is 6.19. The maximum Gasteiger partial charge on any atom is 0.250 e. The zero-order chi connectivity index (χ0) is 13.4. The van der Waals surface area contributed by atoms with Crippen LogP contribution in [0.3, 0.4) is 0 Å². The second-order valence-corrected chi connectivity index (χ2v) is 12.3. The van der Waals surface area contributed by atoms with E-state index in [-0.39, 0.29) is 5.04 Å². The number of hydrogen-bond donors (Lipinski definition) is 0. The molecule has 0 aliphatic rings. The van der Waals surface area contributed by atoms with Gasteiger partial charge in [-0.3, -0.25) is 0 Å². The van der Waals surface area contributed by atoms with Crippen molar-refractivity contribution in [3.63, 3.8) is 0 Å². The predicted octanol–water partition coefficient (Wildman–Crippen LogP) is 5.98. The molecule has 0 saturated carbocycles. The lowest BCUT2D eigenvalue weighted by atomic mass is 10.2. The fourth-order valence-corrected chi connectivity index (χ4v) is 3.11. The van der Waals surface area contributed by atoms with Crippen molar-refractivity contribution in [1.29, 1.82) is 0 Å². The van der Waals surface area contributed by atoms with Gasteiger partial charge >= 0.3 is 0 Å². The SMILES string of the molecule is CC(C)(C)[Si](C)(C)Oc1cc(Cl)c(I)cc1Cl. The van der Waals surface area contributed by atoms with E-state index in [9.17, 15) is 0 Å². The molecule has 0 N–H and O–H groups in total. The summed E-state index contributed by atoms with van der Waals surface area (Å²) in [6.07, 6.45) is 0. The molecular formula is C12H17Cl2IOSi. The number of rotatable bonds is 2. The molecule has 96 valence electrons. The van der Waals surface area contributed by atoms with Crippen LogP contribution in [-0.4, -0.2) is 8.32 Å². The lowest BCUT2D eigenvalue weighted by Gasteiger charge is -2.36. The Kier molecular flexibility index (Phi) is 4.84. The Morgan fingerprint density at radius 3 is 2.12 bits per heavy atom. The van der Waals surface area contributed by atoms with E-state index in [2.05, 4.69) is 56.5 Å². The summed E-state index contributed by atoms with van der Waals surface area (Å²) < 4.78 is 7.09. The van der Waals surface area contributed by atoms with Crippen molar-refractivity contribution in [2.24, 2.45) is 0 Å². The first-order valence-corrected chi connectivity index (χ1v) is 10.1. The van der Waals surface area contributed by atoms with Gasteiger partial charge in [-0.2, -0.15) is 0 Å². The monoisotopic (exact) mass is 402 g/mol. The maximum absolute atomic E-state index is 6.19. The molecule has 0 spiro atoms. The molecule has 0 atom stereocenters. The molecule has 0 aliphatic carbocycles. The van der Waals surface area contributed by atoms with Gasteiger partial charge in [0.1, 0.15) is 5.75 Å². The first kappa shape index (κ1) is 15.6. The summed E-state index contributed by atoms with van der Waals surface area (Å²) >= 11 is 14.4. The van der Waals surface area contributed by atoms with Crippen molar-refractivity contribution in [3.05, 3.63) is 25.7 Å². The summed E-state index contributed by atoms with van der Waals surface area (Å²) in [5.74, 6) is 0.698. The third kappa shape index (κ3) is 3.75. The number of halogens is 3. The van der Waals surface area contributed by atoms with Crippen LogP contribution in [-0.2, 0) is 0 Å². The number of benzene rings is 1. The molecule has 5 heteroatoms. The normalized spacial score (nSPS) is 12.7. The summed E-state index contributed by atoms with van der Waals surface area (Å²) in [6.45, 7) is 11.0. The average molecular weight is 403 g/mol. The summed E-state index contributed by atoms with van der Waals surface area (Å²) in [4.78, 5) is 0. The molecule has 0 aromatic heterocycles. The topological polar surface area (TPSA) is 9.23 Å². The first-order valence-electron chi connectivity index (χ1n) is 5.38. The smallest absolute Gasteiger partial charge is 0.250 e. The Hall–Kier alpha value is 0.547. The van der Waals surface area contributed by atoms with Crippen LogP contribution in [0, 0.1) is 3.57 Å². The zero-order valence-corrected chi connectivity index (χ0v) is 15.4. The summed E-state index contributed by atoms with van der Waals surface area (Å²) in [7, 11) is -1.86. The van der Waals surface area contributed by atoms with Crippen LogP contribution in [0.2, 0.25) is 28.2 Å². The van der Waals surface area contributed by atoms with Gasteiger partial charge in [-0.1, -0.05) is 44.0 Å². The highest BCUT2D eigenvalue weighted by Gasteiger charge is 2.39. The van der Waals surface area contributed by atoms with E-state index in [4.69, 9.17) is 27.6 Å². The largest absolute Gasteiger partial charge is 0.542 e. The standard InChI is InChI=1S/C12H17Cl2IOSi/c1-12(2,3)17(4,5)16-11-7-8(13)10(15)6-9(11)14/h6-7H,1-5H3. The fraction of sp³-hybridized carbons (Fsp3) is 0.500. The molecule has 17 heavy (non-hydrogen) atoms. The Bertz CT molecular complexity index is 427. The average Bonchev–Trinajstić information content (AvgIpc) is 2.12. The lowest BCUT2D eigenvalue weighted by molar-refractivity contribution is 0.492. The highest BCUT2D eigenvalue weighted by molar-refractivity contribution is 14.1. The highest BCUT2D eigenvalue weighted by atomic mass is 127. The minimum Gasteiger partial charge on any atom is -0.542 e. The molecule has 0 bridgehead atoms. The van der Waals surface area contributed by atoms with Gasteiger partial charge in [-0.05, 0) is 52.9 Å². The van der Waals surface area contributed by atoms with Crippen molar-refractivity contribution in [2.45, 2.75) is 38.9 Å². The fourth-order valence-electron chi connectivity index (χ4n) is 1.01. The van der Waals surface area contributed by atoms with E-state index in [0.717, 1.165) is 3.57 Å². The van der Waals surface area contributed by atoms with Crippen LogP contribution >= 0.6 is 45.8 Å². The Morgan fingerprint density at radius 1 is 1.12 bits per heavy atom. The molecule has 1 nitrogen and oxygen atoms in total. The van der Waals surface area contributed by atoms with Gasteiger partial charge in [0.25, 0.3) is 8.32 Å². The summed E-state index contributed by atoms with van der Waals surface area (Å²) in [6, 6.07) is 3.65. The van der Waals surface area contributed by atoms with Crippen molar-refractivity contribution in [3.8, 4) is 5.75 Å². The third-order valence-electron chi connectivity index (χ3n) is 3.15. The molecule has 0 heterocycles. The van der Waals surface area contributed by atoms with Crippen LogP contribution in [0.1, 0.15) is 20.8 Å². The molecule has 0 unspecified atom stereocenters. The molecular weight excluding hydrogens is 386 g/mol. The minimum absolute atomic E-state index is 0.145. The van der Waals surface area contributed by atoms with Gasteiger partial charge in [-0.15, -0.1) is 0 Å². The predicted molar refractivity (Wildman–Crippen MR) is 87.0 cm³/mol. The molecule has 1 aromatic rings. The van der Waals surface area contributed by atoms with E-state index in [0.29, 0.717) is 15.8 Å². The third-order valence-corrected chi connectivity index (χ3v) is 9.31. The van der Waals surface area contributed by atoms with Crippen molar-refractivity contribution in [1.82, 2.24) is 0 Å². The molecule has 0 saturated heterocycles. The Labute approximate surface area is 128 Å². The molecule has 0 radical (unpaired) electrons. The summed E-state index contributed by atoms with van der Waals surface area (Å²) in [5.41, 5.74) is 0. The lowest BCUT2D eigenvalue weighted by Crippen LogP contribution is -2.43. The van der Waals surface area contributed by atoms with E-state index in [1.807, 2.05) is 12.1 Å². The van der Waals surface area contributed by atoms with Gasteiger partial charge in [0.15, 0.2) is 0 Å². The van der Waals surface area contributed by atoms with Crippen molar-refractivity contribution >= 4 is 54.1 Å². The molecule has 0 amide bonds. The van der Waals surface area contributed by atoms with E-state index >= 15 is 0 Å². The van der Waals surface area contributed by atoms with Crippen LogP contribution in [0.4, 0.5) is 0 Å². The van der Waals surface area contributed by atoms with E-state index < -0.39 is 8.32 Å². The van der Waals surface area contributed by atoms with Gasteiger partial charge in [0.05, 0.1) is 10.0 Å². The number of hydrogen-bond acceptors (Lipinski definition) is 1. The molecule has 0 fully saturated rings. The highest BCUT2D eigenvalue weighted by Crippen LogP contribution is 2.40. The van der Waals surface area contributed by atoms with Gasteiger partial charge in [0.2, 0.25) is 0 Å². The quantitative estimate of drug-likeness (QED) is 0.335. The van der Waals surface area contributed by atoms with E-state index in [1.165, 1.54) is 0 Å². The Morgan fingerprint density at radius 2 is 1.65 bits per heavy atom. The first-order chi connectivity index (χ1) is 7.54. The van der Waals surface area contributed by atoms with Crippen LogP contribution in [0.25, 0.3) is 0 Å². The molecule has 0 aliphatic heterocycles. The second kappa shape index (κ2) is 5.27.